The summed E-state index contributed by atoms with van der Waals surface area (Å²) in [6, 6.07) is 6.00. The largest absolute Gasteiger partial charge is 0.492 e. The molecule has 0 fully saturated rings. The van der Waals surface area contributed by atoms with Gasteiger partial charge in [-0.15, -0.1) is 0 Å². The summed E-state index contributed by atoms with van der Waals surface area (Å²) >= 11 is 0. The molecule has 0 bridgehead atoms. The SMILES string of the molecule is CNCCOc1ccc(S(N)(=O)=O)cc1. The number of nitrogens with two attached hydrogens (primary N) is 1. The zero-order valence-electron chi connectivity index (χ0n) is 8.43. The van der Waals surface area contributed by atoms with Gasteiger partial charge in [-0.1, -0.05) is 0 Å². The molecule has 1 aromatic rings. The Balaban J connectivity index is 2.65. The molecular weight excluding hydrogens is 216 g/mol. The second-order valence-electron chi connectivity index (χ2n) is 2.97. The third-order valence-electron chi connectivity index (χ3n) is 1.77. The highest BCUT2D eigenvalue weighted by Gasteiger charge is 2.06. The van der Waals surface area contributed by atoms with E-state index in [0.717, 1.165) is 6.54 Å². The quantitative estimate of drug-likeness (QED) is 0.694. The summed E-state index contributed by atoms with van der Waals surface area (Å²) in [5, 5.41) is 7.88. The lowest BCUT2D eigenvalue weighted by Crippen LogP contribution is -2.16. The van der Waals surface area contributed by atoms with Gasteiger partial charge >= 0.3 is 0 Å². The van der Waals surface area contributed by atoms with E-state index in [0.29, 0.717) is 12.4 Å². The van der Waals surface area contributed by atoms with Crippen molar-refractivity contribution in [1.82, 2.24) is 5.32 Å². The summed E-state index contributed by atoms with van der Waals surface area (Å²) < 4.78 is 27.2. The standard InChI is InChI=1S/C9H14N2O3S/c1-11-6-7-14-8-2-4-9(5-3-8)15(10,12)13/h2-5,11H,6-7H2,1H3,(H2,10,12,13). The van der Waals surface area contributed by atoms with E-state index in [1.807, 2.05) is 7.05 Å². The van der Waals surface area contributed by atoms with Crippen LogP contribution < -0.4 is 15.2 Å². The molecule has 0 heterocycles. The van der Waals surface area contributed by atoms with Gasteiger partial charge in [0.2, 0.25) is 10.0 Å². The van der Waals surface area contributed by atoms with Crippen molar-refractivity contribution in [3.8, 4) is 5.75 Å². The van der Waals surface area contributed by atoms with E-state index in [1.165, 1.54) is 12.1 Å². The van der Waals surface area contributed by atoms with E-state index in [1.54, 1.807) is 12.1 Å². The average molecular weight is 230 g/mol. The fraction of sp³-hybridized carbons (Fsp3) is 0.333. The van der Waals surface area contributed by atoms with Gasteiger partial charge in [-0.05, 0) is 31.3 Å². The molecular formula is C9H14N2O3S. The zero-order chi connectivity index (χ0) is 11.3. The Morgan fingerprint density at radius 2 is 1.93 bits per heavy atom. The summed E-state index contributed by atoms with van der Waals surface area (Å²) in [6.07, 6.45) is 0. The predicted molar refractivity (Wildman–Crippen MR) is 57.2 cm³/mol. The summed E-state index contributed by atoms with van der Waals surface area (Å²) in [6.45, 7) is 1.27. The van der Waals surface area contributed by atoms with Gasteiger partial charge in [-0.2, -0.15) is 0 Å². The van der Waals surface area contributed by atoms with E-state index in [4.69, 9.17) is 9.88 Å². The first-order chi connectivity index (χ1) is 7.04. The minimum Gasteiger partial charge on any atom is -0.492 e. The van der Waals surface area contributed by atoms with E-state index >= 15 is 0 Å². The van der Waals surface area contributed by atoms with Crippen LogP contribution in [0.3, 0.4) is 0 Å². The highest BCUT2D eigenvalue weighted by molar-refractivity contribution is 7.89. The first-order valence-electron chi connectivity index (χ1n) is 4.44. The fourth-order valence-electron chi connectivity index (χ4n) is 0.996. The molecule has 0 atom stereocenters. The zero-order valence-corrected chi connectivity index (χ0v) is 9.25. The second kappa shape index (κ2) is 5.11. The molecule has 0 aromatic heterocycles. The minimum absolute atomic E-state index is 0.0865. The molecule has 0 spiro atoms. The van der Waals surface area contributed by atoms with Crippen molar-refractivity contribution in [3.05, 3.63) is 24.3 Å². The lowest BCUT2D eigenvalue weighted by atomic mass is 10.3. The average Bonchev–Trinajstić information content (AvgIpc) is 2.18. The third-order valence-corrected chi connectivity index (χ3v) is 2.70. The van der Waals surface area contributed by atoms with Crippen molar-refractivity contribution in [2.45, 2.75) is 4.90 Å². The number of benzene rings is 1. The van der Waals surface area contributed by atoms with Crippen molar-refractivity contribution >= 4 is 10.0 Å². The maximum Gasteiger partial charge on any atom is 0.238 e. The Kier molecular flexibility index (Phi) is 4.07. The second-order valence-corrected chi connectivity index (χ2v) is 4.53. The molecule has 0 aliphatic rings. The number of hydrogen-bond donors (Lipinski definition) is 2. The van der Waals surface area contributed by atoms with Crippen LogP contribution in [0.25, 0.3) is 0 Å². The van der Waals surface area contributed by atoms with E-state index in [-0.39, 0.29) is 4.90 Å². The van der Waals surface area contributed by atoms with Crippen LogP contribution in [0.5, 0.6) is 5.75 Å². The van der Waals surface area contributed by atoms with Crippen LogP contribution in [0.2, 0.25) is 0 Å². The summed E-state index contributed by atoms with van der Waals surface area (Å²) in [5.74, 6) is 0.623. The normalized spacial score (nSPS) is 11.3. The topological polar surface area (TPSA) is 81.4 Å². The van der Waals surface area contributed by atoms with Gasteiger partial charge in [0.1, 0.15) is 12.4 Å². The molecule has 0 aliphatic heterocycles. The van der Waals surface area contributed by atoms with Crippen LogP contribution in [-0.4, -0.2) is 28.6 Å². The van der Waals surface area contributed by atoms with Crippen molar-refractivity contribution in [3.63, 3.8) is 0 Å². The molecule has 1 aromatic carbocycles. The molecule has 0 saturated heterocycles. The van der Waals surface area contributed by atoms with Crippen LogP contribution in [0, 0.1) is 0 Å². The van der Waals surface area contributed by atoms with Crippen LogP contribution in [0.15, 0.2) is 29.2 Å². The maximum atomic E-state index is 10.9. The molecule has 3 N–H and O–H groups in total. The van der Waals surface area contributed by atoms with Gasteiger partial charge in [0.05, 0.1) is 4.90 Å². The van der Waals surface area contributed by atoms with Gasteiger partial charge in [-0.3, -0.25) is 0 Å². The molecule has 15 heavy (non-hydrogen) atoms. The van der Waals surface area contributed by atoms with Crippen molar-refractivity contribution < 1.29 is 13.2 Å². The van der Waals surface area contributed by atoms with Crippen LogP contribution >= 0.6 is 0 Å². The molecule has 1 rings (SSSR count). The Morgan fingerprint density at radius 1 is 1.33 bits per heavy atom. The molecule has 0 saturated carbocycles. The van der Waals surface area contributed by atoms with Gasteiger partial charge < -0.3 is 10.1 Å². The van der Waals surface area contributed by atoms with Gasteiger partial charge in [-0.25, -0.2) is 13.6 Å². The van der Waals surface area contributed by atoms with E-state index in [9.17, 15) is 8.42 Å². The highest BCUT2D eigenvalue weighted by Crippen LogP contribution is 2.14. The summed E-state index contributed by atoms with van der Waals surface area (Å²) in [4.78, 5) is 0.0865. The third kappa shape index (κ3) is 3.86. The maximum absolute atomic E-state index is 10.9. The molecule has 0 unspecified atom stereocenters. The minimum atomic E-state index is -3.61. The first kappa shape index (κ1) is 12.0. The smallest absolute Gasteiger partial charge is 0.238 e. The number of rotatable bonds is 5. The van der Waals surface area contributed by atoms with Crippen LogP contribution in [0.1, 0.15) is 0 Å². The Bertz CT molecular complexity index is 400. The number of nitrogens with one attached hydrogen (secondary N) is 1. The Hall–Kier alpha value is -1.11. The number of likely N-dealkylation sites (N-methyl/N-ethyl adjacent to an activating group) is 1. The number of primary sulfonamides is 1. The van der Waals surface area contributed by atoms with E-state index < -0.39 is 10.0 Å². The van der Waals surface area contributed by atoms with Gasteiger partial charge in [0, 0.05) is 6.54 Å². The van der Waals surface area contributed by atoms with Gasteiger partial charge in [0.15, 0.2) is 0 Å². The summed E-state index contributed by atoms with van der Waals surface area (Å²) in [5.41, 5.74) is 0. The number of hydrogen-bond acceptors (Lipinski definition) is 4. The lowest BCUT2D eigenvalue weighted by molar-refractivity contribution is 0.318. The van der Waals surface area contributed by atoms with Crippen molar-refractivity contribution in [2.75, 3.05) is 20.2 Å². The first-order valence-corrected chi connectivity index (χ1v) is 5.99. The summed E-state index contributed by atoms with van der Waals surface area (Å²) in [7, 11) is -1.79. The Morgan fingerprint density at radius 3 is 2.40 bits per heavy atom. The van der Waals surface area contributed by atoms with Crippen molar-refractivity contribution in [1.29, 1.82) is 0 Å². The number of sulfonamides is 1. The lowest BCUT2D eigenvalue weighted by Gasteiger charge is -2.05. The van der Waals surface area contributed by atoms with Crippen LogP contribution in [-0.2, 0) is 10.0 Å². The molecule has 0 amide bonds. The molecule has 0 radical (unpaired) electrons. The number of ether oxygens (including phenoxy) is 1. The molecule has 6 heteroatoms. The monoisotopic (exact) mass is 230 g/mol. The van der Waals surface area contributed by atoms with Crippen LogP contribution in [0.4, 0.5) is 0 Å². The van der Waals surface area contributed by atoms with Gasteiger partial charge in [0.25, 0.3) is 0 Å². The van der Waals surface area contributed by atoms with E-state index in [2.05, 4.69) is 5.32 Å². The Labute approximate surface area is 89.3 Å². The van der Waals surface area contributed by atoms with Crippen molar-refractivity contribution in [2.24, 2.45) is 5.14 Å². The fourth-order valence-corrected chi connectivity index (χ4v) is 1.51. The molecule has 84 valence electrons. The molecule has 5 nitrogen and oxygen atoms in total. The molecule has 0 aliphatic carbocycles. The predicted octanol–water partition coefficient (Wildman–Crippen LogP) is -0.0678. The highest BCUT2D eigenvalue weighted by atomic mass is 32.2.